The molecule has 0 bridgehead atoms. The van der Waals surface area contributed by atoms with E-state index in [-0.39, 0.29) is 11.9 Å². The molecule has 1 aliphatic rings. The van der Waals surface area contributed by atoms with Crippen LogP contribution in [0.15, 0.2) is 36.4 Å². The van der Waals surface area contributed by atoms with Gasteiger partial charge in [0.2, 0.25) is 0 Å². The number of amides is 1. The Hall–Kier alpha value is -3.16. The van der Waals surface area contributed by atoms with Crippen molar-refractivity contribution in [2.24, 2.45) is 0 Å². The van der Waals surface area contributed by atoms with Crippen LogP contribution in [-0.2, 0) is 0 Å². The van der Waals surface area contributed by atoms with E-state index in [1.807, 2.05) is 19.1 Å². The summed E-state index contributed by atoms with van der Waals surface area (Å²) in [6.07, 6.45) is 1.95. The van der Waals surface area contributed by atoms with Crippen molar-refractivity contribution in [1.29, 1.82) is 0 Å². The summed E-state index contributed by atoms with van der Waals surface area (Å²) >= 11 is 0. The van der Waals surface area contributed by atoms with Gasteiger partial charge in [0.25, 0.3) is 5.91 Å². The van der Waals surface area contributed by atoms with Gasteiger partial charge in [0.05, 0.1) is 7.11 Å². The molecular weight excluding hydrogens is 344 g/mol. The summed E-state index contributed by atoms with van der Waals surface area (Å²) in [5.41, 5.74) is 1.37. The minimum absolute atomic E-state index is 0.0671. The summed E-state index contributed by atoms with van der Waals surface area (Å²) in [4.78, 5) is 14.7. The second-order valence-electron chi connectivity index (χ2n) is 6.70. The molecule has 2 aromatic heterocycles. The summed E-state index contributed by atoms with van der Waals surface area (Å²) in [6, 6.07) is 11.1. The first kappa shape index (κ1) is 17.3. The number of carbonyl (C=O) groups is 1. The first-order valence-electron chi connectivity index (χ1n) is 9.03. The predicted octanol–water partition coefficient (Wildman–Crippen LogP) is 1.84. The molecule has 1 aliphatic heterocycles. The maximum absolute atomic E-state index is 12.5. The van der Waals surface area contributed by atoms with Gasteiger partial charge in [-0.15, -0.1) is 15.3 Å². The van der Waals surface area contributed by atoms with Gasteiger partial charge in [0.15, 0.2) is 11.5 Å². The topological polar surface area (TPSA) is 84.6 Å². The van der Waals surface area contributed by atoms with E-state index in [1.165, 1.54) is 0 Å². The van der Waals surface area contributed by atoms with E-state index in [1.54, 1.807) is 35.9 Å². The summed E-state index contributed by atoms with van der Waals surface area (Å²) in [5, 5.41) is 15.9. The Balaban J connectivity index is 1.45. The fraction of sp³-hybridized carbons (Fsp3) is 0.368. The standard InChI is InChI=1S/C19H22N6O2/c1-13-21-22-17-9-10-18(23-25(13)17)24-11-3-4-15(12-24)20-19(26)14-5-7-16(27-2)8-6-14/h5-10,15H,3-4,11-12H2,1-2H3,(H,20,26). The number of hydrogen-bond acceptors (Lipinski definition) is 6. The Kier molecular flexibility index (Phi) is 4.62. The van der Waals surface area contributed by atoms with Crippen molar-refractivity contribution >= 4 is 17.4 Å². The Morgan fingerprint density at radius 2 is 2.00 bits per heavy atom. The lowest BCUT2D eigenvalue weighted by Crippen LogP contribution is -2.48. The number of rotatable bonds is 4. The number of piperidine rings is 1. The number of aromatic nitrogens is 4. The van der Waals surface area contributed by atoms with Crippen molar-refractivity contribution in [2.45, 2.75) is 25.8 Å². The highest BCUT2D eigenvalue weighted by Crippen LogP contribution is 2.19. The summed E-state index contributed by atoms with van der Waals surface area (Å²) in [5.74, 6) is 2.30. The van der Waals surface area contributed by atoms with Crippen molar-refractivity contribution in [3.8, 4) is 5.75 Å². The molecule has 4 rings (SSSR count). The van der Waals surface area contributed by atoms with E-state index in [0.29, 0.717) is 5.56 Å². The normalized spacial score (nSPS) is 17.1. The van der Waals surface area contributed by atoms with Crippen LogP contribution < -0.4 is 15.0 Å². The van der Waals surface area contributed by atoms with Crippen molar-refractivity contribution in [3.05, 3.63) is 47.8 Å². The van der Waals surface area contributed by atoms with Crippen LogP contribution in [0.4, 0.5) is 5.82 Å². The van der Waals surface area contributed by atoms with Gasteiger partial charge in [0.1, 0.15) is 11.6 Å². The molecule has 1 aromatic carbocycles. The molecule has 0 radical (unpaired) electrons. The number of benzene rings is 1. The molecule has 0 spiro atoms. The number of anilines is 1. The highest BCUT2D eigenvalue weighted by molar-refractivity contribution is 5.94. The predicted molar refractivity (Wildman–Crippen MR) is 101 cm³/mol. The molecular formula is C19H22N6O2. The number of carbonyl (C=O) groups excluding carboxylic acids is 1. The van der Waals surface area contributed by atoms with E-state index in [9.17, 15) is 4.79 Å². The van der Waals surface area contributed by atoms with E-state index < -0.39 is 0 Å². The van der Waals surface area contributed by atoms with Gasteiger partial charge < -0.3 is 15.0 Å². The fourth-order valence-electron chi connectivity index (χ4n) is 3.37. The average molecular weight is 366 g/mol. The highest BCUT2D eigenvalue weighted by Gasteiger charge is 2.23. The van der Waals surface area contributed by atoms with Gasteiger partial charge in [-0.2, -0.15) is 4.52 Å². The quantitative estimate of drug-likeness (QED) is 0.758. The molecule has 1 saturated heterocycles. The second kappa shape index (κ2) is 7.22. The maximum Gasteiger partial charge on any atom is 0.251 e. The molecule has 1 fully saturated rings. The van der Waals surface area contributed by atoms with E-state index in [4.69, 9.17) is 4.74 Å². The van der Waals surface area contributed by atoms with E-state index >= 15 is 0 Å². The minimum atomic E-state index is -0.0671. The van der Waals surface area contributed by atoms with Gasteiger partial charge in [-0.05, 0) is 56.2 Å². The molecule has 1 atom stereocenters. The van der Waals surface area contributed by atoms with Crippen LogP contribution in [0.25, 0.3) is 5.65 Å². The third-order valence-electron chi connectivity index (χ3n) is 4.84. The molecule has 0 saturated carbocycles. The third-order valence-corrected chi connectivity index (χ3v) is 4.84. The summed E-state index contributed by atoms with van der Waals surface area (Å²) in [7, 11) is 1.61. The van der Waals surface area contributed by atoms with Crippen molar-refractivity contribution < 1.29 is 9.53 Å². The number of hydrogen-bond donors (Lipinski definition) is 1. The van der Waals surface area contributed by atoms with Crippen LogP contribution in [0.2, 0.25) is 0 Å². The van der Waals surface area contributed by atoms with Gasteiger partial charge in [-0.25, -0.2) is 0 Å². The lowest BCUT2D eigenvalue weighted by molar-refractivity contribution is 0.0933. The molecule has 3 aromatic rings. The lowest BCUT2D eigenvalue weighted by Gasteiger charge is -2.33. The van der Waals surface area contributed by atoms with Crippen molar-refractivity contribution in [1.82, 2.24) is 25.1 Å². The van der Waals surface area contributed by atoms with Crippen LogP contribution in [0, 0.1) is 6.92 Å². The molecule has 8 heteroatoms. The Morgan fingerprint density at radius 3 is 2.78 bits per heavy atom. The average Bonchev–Trinajstić information content (AvgIpc) is 3.08. The molecule has 3 heterocycles. The monoisotopic (exact) mass is 366 g/mol. The maximum atomic E-state index is 12.5. The summed E-state index contributed by atoms with van der Waals surface area (Å²) in [6.45, 7) is 3.51. The number of ether oxygens (including phenoxy) is 1. The van der Waals surface area contributed by atoms with Gasteiger partial charge in [-0.1, -0.05) is 0 Å². The van der Waals surface area contributed by atoms with Gasteiger partial charge in [0, 0.05) is 24.7 Å². The fourth-order valence-corrected chi connectivity index (χ4v) is 3.37. The zero-order chi connectivity index (χ0) is 18.8. The minimum Gasteiger partial charge on any atom is -0.497 e. The molecule has 140 valence electrons. The highest BCUT2D eigenvalue weighted by atomic mass is 16.5. The second-order valence-corrected chi connectivity index (χ2v) is 6.70. The zero-order valence-electron chi connectivity index (χ0n) is 15.4. The van der Waals surface area contributed by atoms with Crippen molar-refractivity contribution in [2.75, 3.05) is 25.1 Å². The number of nitrogens with one attached hydrogen (secondary N) is 1. The molecule has 1 unspecified atom stereocenters. The van der Waals surface area contributed by atoms with Crippen LogP contribution in [0.1, 0.15) is 29.0 Å². The largest absolute Gasteiger partial charge is 0.497 e. The molecule has 8 nitrogen and oxygen atoms in total. The molecule has 1 N–H and O–H groups in total. The molecule has 1 amide bonds. The van der Waals surface area contributed by atoms with Gasteiger partial charge in [-0.3, -0.25) is 4.79 Å². The smallest absolute Gasteiger partial charge is 0.251 e. The van der Waals surface area contributed by atoms with Crippen molar-refractivity contribution in [3.63, 3.8) is 0 Å². The first-order chi connectivity index (χ1) is 13.1. The Bertz CT molecular complexity index is 952. The first-order valence-corrected chi connectivity index (χ1v) is 9.03. The zero-order valence-corrected chi connectivity index (χ0v) is 15.4. The summed E-state index contributed by atoms with van der Waals surface area (Å²) < 4.78 is 6.88. The van der Waals surface area contributed by atoms with E-state index in [0.717, 1.165) is 49.0 Å². The van der Waals surface area contributed by atoms with Crippen LogP contribution >= 0.6 is 0 Å². The lowest BCUT2D eigenvalue weighted by atomic mass is 10.0. The molecule has 27 heavy (non-hydrogen) atoms. The van der Waals surface area contributed by atoms with Crippen LogP contribution in [-0.4, -0.2) is 52.0 Å². The van der Waals surface area contributed by atoms with Gasteiger partial charge >= 0.3 is 0 Å². The number of methoxy groups -OCH3 is 1. The van der Waals surface area contributed by atoms with E-state index in [2.05, 4.69) is 25.5 Å². The molecule has 0 aliphatic carbocycles. The number of nitrogens with zero attached hydrogens (tertiary/aromatic N) is 5. The number of fused-ring (bicyclic) bond motifs is 1. The van der Waals surface area contributed by atoms with Crippen LogP contribution in [0.5, 0.6) is 5.75 Å². The SMILES string of the molecule is COc1ccc(C(=O)NC2CCCN(c3ccc4nnc(C)n4n3)C2)cc1. The number of aryl methyl sites for hydroxylation is 1. The third kappa shape index (κ3) is 3.55. The Labute approximate surface area is 157 Å². The Morgan fingerprint density at radius 1 is 1.19 bits per heavy atom. The van der Waals surface area contributed by atoms with Crippen LogP contribution in [0.3, 0.4) is 0 Å².